The molecule has 0 saturated carbocycles. The molecule has 3 aliphatic heterocycles. The molecule has 2 aromatic carbocycles. The van der Waals surface area contributed by atoms with Crippen molar-refractivity contribution >= 4 is 73.5 Å². The second kappa shape index (κ2) is 16.6. The normalized spacial score (nSPS) is 15.9. The van der Waals surface area contributed by atoms with Crippen LogP contribution < -0.4 is 10.2 Å². The van der Waals surface area contributed by atoms with Crippen LogP contribution in [-0.2, 0) is 34.3 Å². The highest BCUT2D eigenvalue weighted by Gasteiger charge is 2.23. The Morgan fingerprint density at radius 2 is 1.40 bits per heavy atom. The zero-order chi connectivity index (χ0) is 34.2. The molecular weight excluding hydrogens is 692 g/mol. The quantitative estimate of drug-likeness (QED) is 0.188. The molecule has 1 saturated heterocycles. The molecule has 0 bridgehead atoms. The van der Waals surface area contributed by atoms with Crippen LogP contribution in [0.3, 0.4) is 0 Å². The number of benzene rings is 2. The summed E-state index contributed by atoms with van der Waals surface area (Å²) in [6.07, 6.45) is 4.40. The number of alkyl halides is 1. The number of aliphatic imine (C=N–C) groups is 2. The Kier molecular flexibility index (Phi) is 12.3. The number of hydrogen-bond donors (Lipinski definition) is 1. The molecule has 11 heteroatoms. The topological polar surface area (TPSA) is 107 Å². The fourth-order valence-corrected chi connectivity index (χ4v) is 6.74. The third-order valence-electron chi connectivity index (χ3n) is 8.68. The van der Waals surface area contributed by atoms with E-state index in [4.69, 9.17) is 11.6 Å². The summed E-state index contributed by atoms with van der Waals surface area (Å²) >= 11 is 9.77. The van der Waals surface area contributed by atoms with Crippen LogP contribution in [-0.4, -0.2) is 72.0 Å². The number of rotatable bonds is 9. The summed E-state index contributed by atoms with van der Waals surface area (Å²) in [5.74, 6) is 0.0846. The molecule has 1 fully saturated rings. The van der Waals surface area contributed by atoms with E-state index in [9.17, 15) is 14.4 Å². The van der Waals surface area contributed by atoms with Gasteiger partial charge in [-0.3, -0.25) is 19.3 Å². The van der Waals surface area contributed by atoms with E-state index in [0.717, 1.165) is 97.6 Å². The third kappa shape index (κ3) is 8.64. The number of nitrogens with one attached hydrogen (secondary N) is 1. The van der Waals surface area contributed by atoms with Gasteiger partial charge >= 0.3 is 0 Å². The van der Waals surface area contributed by atoms with Gasteiger partial charge in [-0.15, -0.1) is 0 Å². The Labute approximate surface area is 296 Å². The summed E-state index contributed by atoms with van der Waals surface area (Å²) in [7, 11) is 1.57. The van der Waals surface area contributed by atoms with E-state index in [0.29, 0.717) is 29.4 Å². The molecule has 0 spiro atoms. The minimum atomic E-state index is -0.248. The molecule has 9 nitrogen and oxygen atoms in total. The summed E-state index contributed by atoms with van der Waals surface area (Å²) in [6.45, 7) is 8.41. The number of nitrogens with zero attached hydrogens (tertiary/aromatic N) is 5. The third-order valence-corrected chi connectivity index (χ3v) is 9.61. The van der Waals surface area contributed by atoms with Crippen molar-refractivity contribution in [2.24, 2.45) is 9.98 Å². The molecule has 0 unspecified atom stereocenters. The van der Waals surface area contributed by atoms with Gasteiger partial charge in [-0.2, -0.15) is 0 Å². The Morgan fingerprint density at radius 3 is 1.92 bits per heavy atom. The number of carbonyl (C=O) groups excluding carboxylic acids is 3. The maximum Gasteiger partial charge on any atom is 0.269 e. The van der Waals surface area contributed by atoms with Gasteiger partial charge in [0.1, 0.15) is 5.69 Å². The second-order valence-electron chi connectivity index (χ2n) is 12.2. The Bertz CT molecular complexity index is 1750. The molecule has 1 amide bonds. The van der Waals surface area contributed by atoms with Gasteiger partial charge < -0.3 is 10.2 Å². The molecule has 1 aromatic heterocycles. The summed E-state index contributed by atoms with van der Waals surface area (Å²) in [5.41, 5.74) is 9.00. The van der Waals surface area contributed by atoms with Gasteiger partial charge in [0.15, 0.2) is 16.7 Å². The standard InChI is InChI=1S/C24H28ClN5O2.C13H14BrNO/c1-3-4-19-22(31)14-17-13-16(5-6-18(17)27-19)15-29-9-11-30(12-10-29)21-8-7-20(24(32)26-2)28-23(21)25;1-2-3-12-13(16)7-10-6-9(8-14)4-5-11(10)15-12/h5-8,13H,3-4,9-12,14-15H2,1-2H3,(H,26,32);4-6H,2-3,7-8H2,1H3. The number of anilines is 1. The highest BCUT2D eigenvalue weighted by molar-refractivity contribution is 9.08. The van der Waals surface area contributed by atoms with Crippen LogP contribution in [0.5, 0.6) is 0 Å². The molecule has 4 heterocycles. The second-order valence-corrected chi connectivity index (χ2v) is 13.1. The van der Waals surface area contributed by atoms with Crippen LogP contribution in [0, 0.1) is 0 Å². The Morgan fingerprint density at radius 1 is 0.833 bits per heavy atom. The first kappa shape index (κ1) is 35.6. The van der Waals surface area contributed by atoms with Crippen molar-refractivity contribution < 1.29 is 14.4 Å². The molecule has 0 atom stereocenters. The maximum absolute atomic E-state index is 12.3. The highest BCUT2D eigenvalue weighted by Crippen LogP contribution is 2.29. The molecule has 3 aromatic rings. The summed E-state index contributed by atoms with van der Waals surface area (Å²) in [5, 5.41) is 3.73. The van der Waals surface area contributed by atoms with E-state index in [1.165, 1.54) is 11.1 Å². The highest BCUT2D eigenvalue weighted by atomic mass is 79.9. The van der Waals surface area contributed by atoms with Crippen LogP contribution in [0.2, 0.25) is 5.15 Å². The maximum atomic E-state index is 12.3. The van der Waals surface area contributed by atoms with Crippen LogP contribution in [0.1, 0.15) is 72.3 Å². The number of hydrogen-bond acceptors (Lipinski definition) is 8. The van der Waals surface area contributed by atoms with Gasteiger partial charge in [-0.1, -0.05) is 78.5 Å². The number of piperazine rings is 1. The lowest BCUT2D eigenvalue weighted by Gasteiger charge is -2.36. The lowest BCUT2D eigenvalue weighted by molar-refractivity contribution is -0.113. The van der Waals surface area contributed by atoms with Gasteiger partial charge in [-0.05, 0) is 59.4 Å². The average molecular weight is 734 g/mol. The number of amides is 1. The van der Waals surface area contributed by atoms with Gasteiger partial charge in [-0.25, -0.2) is 15.0 Å². The lowest BCUT2D eigenvalue weighted by atomic mass is 9.96. The van der Waals surface area contributed by atoms with Crippen molar-refractivity contribution in [2.45, 2.75) is 64.2 Å². The minimum Gasteiger partial charge on any atom is -0.366 e. The minimum absolute atomic E-state index is 0.151. The smallest absolute Gasteiger partial charge is 0.269 e. The zero-order valence-electron chi connectivity index (χ0n) is 27.8. The van der Waals surface area contributed by atoms with E-state index in [1.54, 1.807) is 13.1 Å². The monoisotopic (exact) mass is 732 g/mol. The number of aromatic nitrogens is 1. The molecule has 252 valence electrons. The predicted octanol–water partition coefficient (Wildman–Crippen LogP) is 6.99. The fraction of sp³-hybridized carbons (Fsp3) is 0.405. The van der Waals surface area contributed by atoms with Crippen molar-refractivity contribution in [1.82, 2.24) is 15.2 Å². The van der Waals surface area contributed by atoms with Gasteiger partial charge in [0.05, 0.1) is 28.5 Å². The molecule has 48 heavy (non-hydrogen) atoms. The number of pyridine rings is 1. The molecule has 3 aliphatic rings. The van der Waals surface area contributed by atoms with E-state index in [1.807, 2.05) is 18.2 Å². The number of Topliss-reactive ketones (excluding diaryl/α,β-unsaturated/α-hetero) is 2. The number of fused-ring (bicyclic) bond motifs is 2. The van der Waals surface area contributed by atoms with Crippen molar-refractivity contribution in [3.05, 3.63) is 81.6 Å². The number of carbonyl (C=O) groups is 3. The summed E-state index contributed by atoms with van der Waals surface area (Å²) < 4.78 is 0. The van der Waals surface area contributed by atoms with Crippen LogP contribution in [0.25, 0.3) is 0 Å². The first-order chi connectivity index (χ1) is 23.2. The molecule has 0 radical (unpaired) electrons. The van der Waals surface area contributed by atoms with Crippen LogP contribution in [0.15, 0.2) is 58.5 Å². The number of halogens is 2. The summed E-state index contributed by atoms with van der Waals surface area (Å²) in [4.78, 5) is 53.7. The van der Waals surface area contributed by atoms with Gasteiger partial charge in [0, 0.05) is 57.9 Å². The van der Waals surface area contributed by atoms with Crippen molar-refractivity contribution in [2.75, 3.05) is 38.1 Å². The van der Waals surface area contributed by atoms with Crippen molar-refractivity contribution in [3.8, 4) is 0 Å². The summed E-state index contributed by atoms with van der Waals surface area (Å²) in [6, 6.07) is 16.0. The molecular formula is C37H42BrClN6O3. The average Bonchev–Trinajstić information content (AvgIpc) is 3.09. The Hall–Kier alpha value is -3.73. The SMILES string of the molecule is CCCC1=Nc2ccc(CBr)cc2CC1=O.CCCC1=Nc2ccc(CN3CCN(c4ccc(C(=O)NC)nc4Cl)CC3)cc2CC1=O. The van der Waals surface area contributed by atoms with E-state index < -0.39 is 0 Å². The predicted molar refractivity (Wildman–Crippen MR) is 197 cm³/mol. The van der Waals surface area contributed by atoms with E-state index in [2.05, 4.69) is 84.1 Å². The van der Waals surface area contributed by atoms with Crippen molar-refractivity contribution in [3.63, 3.8) is 0 Å². The molecule has 1 N–H and O–H groups in total. The van der Waals surface area contributed by atoms with Crippen molar-refractivity contribution in [1.29, 1.82) is 0 Å². The lowest BCUT2D eigenvalue weighted by Crippen LogP contribution is -2.46. The first-order valence-electron chi connectivity index (χ1n) is 16.6. The zero-order valence-corrected chi connectivity index (χ0v) is 30.2. The Balaban J connectivity index is 0.000000236. The number of ketones is 2. The van der Waals surface area contributed by atoms with Gasteiger partial charge in [0.2, 0.25) is 0 Å². The molecule has 0 aliphatic carbocycles. The van der Waals surface area contributed by atoms with E-state index in [-0.39, 0.29) is 17.5 Å². The van der Waals surface area contributed by atoms with Gasteiger partial charge in [0.25, 0.3) is 5.91 Å². The molecule has 6 rings (SSSR count). The first-order valence-corrected chi connectivity index (χ1v) is 18.1. The fourth-order valence-electron chi connectivity index (χ4n) is 6.11. The van der Waals surface area contributed by atoms with Crippen LogP contribution in [0.4, 0.5) is 17.1 Å². The largest absolute Gasteiger partial charge is 0.366 e. The van der Waals surface area contributed by atoms with Crippen LogP contribution >= 0.6 is 27.5 Å². The van der Waals surface area contributed by atoms with E-state index >= 15 is 0 Å².